The maximum absolute atomic E-state index is 14.2. The number of carbonyl (C=O) groups excluding carboxylic acids is 2. The van der Waals surface area contributed by atoms with Gasteiger partial charge < -0.3 is 14.4 Å². The largest absolute Gasteiger partial charge is 0.494 e. The van der Waals surface area contributed by atoms with Gasteiger partial charge in [-0.25, -0.2) is 9.18 Å². The molecule has 3 aromatic rings. The molecule has 2 atom stereocenters. The van der Waals surface area contributed by atoms with E-state index in [0.29, 0.717) is 18.4 Å². The second kappa shape index (κ2) is 9.66. The number of Topliss-reactive ketones (excluding diaryl/α,β-unsaturated/α-hetero) is 1. The Morgan fingerprint density at radius 1 is 0.919 bits per heavy atom. The van der Waals surface area contributed by atoms with Crippen LogP contribution in [0, 0.1) is 11.7 Å². The molecule has 0 aromatic heterocycles. The van der Waals surface area contributed by atoms with Crippen molar-refractivity contribution in [3.8, 4) is 16.9 Å². The third-order valence-corrected chi connectivity index (χ3v) is 8.33. The van der Waals surface area contributed by atoms with E-state index in [1.54, 1.807) is 6.07 Å². The molecule has 6 rings (SSSR count). The van der Waals surface area contributed by atoms with Gasteiger partial charge >= 0.3 is 6.09 Å². The van der Waals surface area contributed by atoms with E-state index in [2.05, 4.69) is 24.3 Å². The molecule has 0 N–H and O–H groups in total. The zero-order valence-electron chi connectivity index (χ0n) is 20.9. The summed E-state index contributed by atoms with van der Waals surface area (Å²) in [5.74, 6) is -0.699. The van der Waals surface area contributed by atoms with Crippen LogP contribution in [-0.4, -0.2) is 42.6 Å². The molecular weight excluding hydrogens is 469 g/mol. The molecule has 2 bridgehead atoms. The van der Waals surface area contributed by atoms with Crippen LogP contribution in [0.25, 0.3) is 11.1 Å². The highest BCUT2D eigenvalue weighted by atomic mass is 19.1. The number of carbonyl (C=O) groups is 2. The summed E-state index contributed by atoms with van der Waals surface area (Å²) in [5.41, 5.74) is 5.13. The average Bonchev–Trinajstić information content (AvgIpc) is 3.24. The fourth-order valence-electron chi connectivity index (χ4n) is 6.62. The standard InChI is InChI=1S/C31H30FNO4/c1-36-29-14-13-19(17-28(29)32)30(34)20-15-21-7-6-8-22(16-20)33(21)31(35)37-18-27-25-11-4-2-9-23(25)24-10-3-5-12-26(24)27/h2-5,9-14,17,20-22,27H,6-8,15-16,18H2,1H3. The number of hydrogen-bond acceptors (Lipinski definition) is 4. The van der Waals surface area contributed by atoms with Gasteiger partial charge in [0.25, 0.3) is 0 Å². The zero-order valence-corrected chi connectivity index (χ0v) is 20.9. The summed E-state index contributed by atoms with van der Waals surface area (Å²) in [4.78, 5) is 28.5. The molecule has 0 radical (unpaired) electrons. The molecule has 2 saturated heterocycles. The SMILES string of the molecule is COc1ccc(C(=O)C2CC3CCCC(C2)N3C(=O)OCC2c3ccccc3-c3ccccc32)cc1F. The van der Waals surface area contributed by atoms with E-state index < -0.39 is 5.82 Å². The third-order valence-electron chi connectivity index (χ3n) is 8.33. The minimum absolute atomic E-state index is 0.0141. The molecule has 1 aliphatic carbocycles. The maximum atomic E-state index is 14.2. The number of hydrogen-bond donors (Lipinski definition) is 0. The van der Waals surface area contributed by atoms with E-state index in [1.165, 1.54) is 41.5 Å². The lowest BCUT2D eigenvalue weighted by molar-refractivity contribution is 0.00650. The molecule has 190 valence electrons. The van der Waals surface area contributed by atoms with E-state index in [0.717, 1.165) is 19.3 Å². The molecule has 3 aliphatic rings. The number of fused-ring (bicyclic) bond motifs is 5. The minimum atomic E-state index is -0.537. The van der Waals surface area contributed by atoms with E-state index in [4.69, 9.17) is 9.47 Å². The second-order valence-corrected chi connectivity index (χ2v) is 10.3. The number of piperidine rings is 2. The van der Waals surface area contributed by atoms with Crippen molar-refractivity contribution in [3.05, 3.63) is 89.2 Å². The first-order valence-corrected chi connectivity index (χ1v) is 13.1. The van der Waals surface area contributed by atoms with Gasteiger partial charge in [0.2, 0.25) is 0 Å². The number of ketones is 1. The van der Waals surface area contributed by atoms with Crippen LogP contribution >= 0.6 is 0 Å². The maximum Gasteiger partial charge on any atom is 0.410 e. The molecule has 2 heterocycles. The van der Waals surface area contributed by atoms with Crippen molar-refractivity contribution in [2.75, 3.05) is 13.7 Å². The Labute approximate surface area is 216 Å². The molecule has 37 heavy (non-hydrogen) atoms. The Bertz CT molecular complexity index is 1300. The Morgan fingerprint density at radius 3 is 2.14 bits per heavy atom. The predicted molar refractivity (Wildman–Crippen MR) is 138 cm³/mol. The smallest absolute Gasteiger partial charge is 0.410 e. The predicted octanol–water partition coefficient (Wildman–Crippen LogP) is 6.60. The summed E-state index contributed by atoms with van der Waals surface area (Å²) in [5, 5.41) is 0. The zero-order chi connectivity index (χ0) is 25.5. The number of ether oxygens (including phenoxy) is 2. The summed E-state index contributed by atoms with van der Waals surface area (Å²) in [7, 11) is 1.40. The fourth-order valence-corrected chi connectivity index (χ4v) is 6.62. The lowest BCUT2D eigenvalue weighted by Crippen LogP contribution is -2.55. The summed E-state index contributed by atoms with van der Waals surface area (Å²) < 4.78 is 25.2. The summed E-state index contributed by atoms with van der Waals surface area (Å²) in [6.07, 6.45) is 3.59. The van der Waals surface area contributed by atoms with Gasteiger partial charge in [0, 0.05) is 29.5 Å². The third kappa shape index (κ3) is 4.18. The highest BCUT2D eigenvalue weighted by Gasteiger charge is 2.44. The fraction of sp³-hybridized carbons (Fsp3) is 0.355. The van der Waals surface area contributed by atoms with Gasteiger partial charge in [0.1, 0.15) is 6.61 Å². The van der Waals surface area contributed by atoms with E-state index >= 15 is 0 Å². The molecule has 2 aliphatic heterocycles. The number of nitrogens with zero attached hydrogens (tertiary/aromatic N) is 1. The van der Waals surface area contributed by atoms with E-state index in [-0.39, 0.29) is 48.2 Å². The van der Waals surface area contributed by atoms with Gasteiger partial charge in [-0.05, 0) is 72.6 Å². The van der Waals surface area contributed by atoms with E-state index in [1.807, 2.05) is 29.2 Å². The molecule has 5 nitrogen and oxygen atoms in total. The molecule has 6 heteroatoms. The van der Waals surface area contributed by atoms with Gasteiger partial charge in [-0.15, -0.1) is 0 Å². The van der Waals surface area contributed by atoms with Crippen molar-refractivity contribution in [2.24, 2.45) is 5.92 Å². The van der Waals surface area contributed by atoms with Crippen molar-refractivity contribution >= 4 is 11.9 Å². The van der Waals surface area contributed by atoms with Crippen molar-refractivity contribution in [1.29, 1.82) is 0 Å². The highest BCUT2D eigenvalue weighted by molar-refractivity contribution is 5.98. The first-order valence-electron chi connectivity index (χ1n) is 13.1. The number of rotatable bonds is 5. The minimum Gasteiger partial charge on any atom is -0.494 e. The monoisotopic (exact) mass is 499 g/mol. The first-order chi connectivity index (χ1) is 18.0. The summed E-state index contributed by atoms with van der Waals surface area (Å²) >= 11 is 0. The summed E-state index contributed by atoms with van der Waals surface area (Å²) in [6, 6.07) is 20.9. The van der Waals surface area contributed by atoms with Gasteiger partial charge in [0.05, 0.1) is 7.11 Å². The van der Waals surface area contributed by atoms with Crippen molar-refractivity contribution in [3.63, 3.8) is 0 Å². The van der Waals surface area contributed by atoms with Crippen LogP contribution in [0.2, 0.25) is 0 Å². The van der Waals surface area contributed by atoms with Crippen molar-refractivity contribution in [1.82, 2.24) is 4.90 Å². The lowest BCUT2D eigenvalue weighted by Gasteiger charge is -2.47. The number of halogens is 1. The Hall–Kier alpha value is -3.67. The Balaban J connectivity index is 1.16. The van der Waals surface area contributed by atoms with Crippen LogP contribution in [0.3, 0.4) is 0 Å². The average molecular weight is 500 g/mol. The molecule has 2 fully saturated rings. The molecule has 0 spiro atoms. The lowest BCUT2D eigenvalue weighted by atomic mass is 9.76. The van der Waals surface area contributed by atoms with Crippen LogP contribution in [0.5, 0.6) is 5.75 Å². The van der Waals surface area contributed by atoms with Crippen molar-refractivity contribution in [2.45, 2.75) is 50.1 Å². The van der Waals surface area contributed by atoms with Crippen LogP contribution in [0.4, 0.5) is 9.18 Å². The van der Waals surface area contributed by atoms with E-state index in [9.17, 15) is 14.0 Å². The van der Waals surface area contributed by atoms with Crippen LogP contribution in [0.15, 0.2) is 66.7 Å². The first kappa shape index (κ1) is 23.7. The molecule has 0 saturated carbocycles. The molecule has 1 amide bonds. The normalized spacial score (nSPS) is 22.2. The van der Waals surface area contributed by atoms with Gasteiger partial charge in [0.15, 0.2) is 17.3 Å². The van der Waals surface area contributed by atoms with Gasteiger partial charge in [-0.2, -0.15) is 0 Å². The van der Waals surface area contributed by atoms with Crippen LogP contribution in [-0.2, 0) is 4.74 Å². The van der Waals surface area contributed by atoms with Crippen LogP contribution < -0.4 is 4.74 Å². The Morgan fingerprint density at radius 2 is 1.54 bits per heavy atom. The molecule has 3 aromatic carbocycles. The quantitative estimate of drug-likeness (QED) is 0.371. The van der Waals surface area contributed by atoms with Gasteiger partial charge in [-0.1, -0.05) is 48.5 Å². The molecular formula is C31H30FNO4. The van der Waals surface area contributed by atoms with Gasteiger partial charge in [-0.3, -0.25) is 4.79 Å². The highest BCUT2D eigenvalue weighted by Crippen LogP contribution is 2.45. The number of amides is 1. The summed E-state index contributed by atoms with van der Waals surface area (Å²) in [6.45, 7) is 0.288. The van der Waals surface area contributed by atoms with Crippen LogP contribution in [0.1, 0.15) is 59.5 Å². The number of methoxy groups -OCH3 is 1. The number of benzene rings is 3. The Kier molecular flexibility index (Phi) is 6.19. The topological polar surface area (TPSA) is 55.8 Å². The second-order valence-electron chi connectivity index (χ2n) is 10.3. The van der Waals surface area contributed by atoms with Crippen molar-refractivity contribution < 1.29 is 23.5 Å². The molecule has 2 unspecified atom stereocenters.